The summed E-state index contributed by atoms with van der Waals surface area (Å²) >= 11 is 0. The third kappa shape index (κ3) is 4.56. The molecule has 3 heterocycles. The molecular formula is C32H31N5O2. The van der Waals surface area contributed by atoms with E-state index in [0.717, 1.165) is 45.3 Å². The SMILES string of the molecule is COc1cccc(C2c3cccn3-c3c(c(C)nn3-c3ccccc3)CN2C(=O)NCc2ccc(C)cc2)c1. The number of carbonyl (C=O) groups is 1. The van der Waals surface area contributed by atoms with Crippen LogP contribution in [0.2, 0.25) is 0 Å². The van der Waals surface area contributed by atoms with E-state index < -0.39 is 0 Å². The molecule has 2 amide bonds. The number of ether oxygens (including phenoxy) is 1. The fraction of sp³-hybridized carbons (Fsp3) is 0.188. The zero-order valence-corrected chi connectivity index (χ0v) is 22.3. The van der Waals surface area contributed by atoms with E-state index in [2.05, 4.69) is 59.4 Å². The number of hydrogen-bond donors (Lipinski definition) is 1. The van der Waals surface area contributed by atoms with Crippen LogP contribution in [0.4, 0.5) is 4.79 Å². The summed E-state index contributed by atoms with van der Waals surface area (Å²) in [7, 11) is 1.66. The van der Waals surface area contributed by atoms with Crippen LogP contribution in [0, 0.1) is 13.8 Å². The van der Waals surface area contributed by atoms with Crippen LogP contribution in [0.5, 0.6) is 5.75 Å². The van der Waals surface area contributed by atoms with Gasteiger partial charge in [0.1, 0.15) is 11.6 Å². The second kappa shape index (κ2) is 10.2. The number of methoxy groups -OCH3 is 1. The molecule has 0 fully saturated rings. The number of nitrogens with zero attached hydrogens (tertiary/aromatic N) is 4. The molecule has 7 heteroatoms. The molecule has 1 atom stereocenters. The summed E-state index contributed by atoms with van der Waals surface area (Å²) in [5.74, 6) is 1.69. The average molecular weight is 518 g/mol. The first-order valence-electron chi connectivity index (χ1n) is 13.1. The molecule has 7 nitrogen and oxygen atoms in total. The van der Waals surface area contributed by atoms with Crippen LogP contribution in [0.3, 0.4) is 0 Å². The van der Waals surface area contributed by atoms with Crippen molar-refractivity contribution in [1.29, 1.82) is 0 Å². The molecule has 0 radical (unpaired) electrons. The van der Waals surface area contributed by atoms with Crippen LogP contribution >= 0.6 is 0 Å². The van der Waals surface area contributed by atoms with Gasteiger partial charge in [-0.3, -0.25) is 0 Å². The zero-order valence-electron chi connectivity index (χ0n) is 22.3. The number of aromatic nitrogens is 3. The third-order valence-electron chi connectivity index (χ3n) is 7.32. The van der Waals surface area contributed by atoms with Crippen LogP contribution in [-0.2, 0) is 13.1 Å². The largest absolute Gasteiger partial charge is 0.497 e. The molecule has 2 aromatic heterocycles. The molecule has 0 spiro atoms. The number of hydrogen-bond acceptors (Lipinski definition) is 3. The highest BCUT2D eigenvalue weighted by Gasteiger charge is 2.36. The molecule has 39 heavy (non-hydrogen) atoms. The van der Waals surface area contributed by atoms with Gasteiger partial charge in [0.05, 0.1) is 36.8 Å². The van der Waals surface area contributed by atoms with Crippen molar-refractivity contribution in [2.45, 2.75) is 33.0 Å². The summed E-state index contributed by atoms with van der Waals surface area (Å²) in [4.78, 5) is 15.9. The number of para-hydroxylation sites is 1. The first kappa shape index (κ1) is 24.6. The van der Waals surface area contributed by atoms with Gasteiger partial charge in [-0.05, 0) is 61.4 Å². The Hall–Kier alpha value is -4.78. The third-order valence-corrected chi connectivity index (χ3v) is 7.32. The molecule has 1 aliphatic rings. The summed E-state index contributed by atoms with van der Waals surface area (Å²) in [6.07, 6.45) is 2.05. The highest BCUT2D eigenvalue weighted by Crippen LogP contribution is 2.39. The van der Waals surface area contributed by atoms with Gasteiger partial charge in [-0.25, -0.2) is 9.48 Å². The quantitative estimate of drug-likeness (QED) is 0.306. The van der Waals surface area contributed by atoms with Gasteiger partial charge in [-0.2, -0.15) is 5.10 Å². The van der Waals surface area contributed by atoms with E-state index in [1.54, 1.807) is 7.11 Å². The topological polar surface area (TPSA) is 64.3 Å². The first-order chi connectivity index (χ1) is 19.0. The fourth-order valence-corrected chi connectivity index (χ4v) is 5.30. The summed E-state index contributed by atoms with van der Waals surface area (Å²) in [6, 6.07) is 29.9. The zero-order chi connectivity index (χ0) is 26.9. The van der Waals surface area contributed by atoms with E-state index in [1.165, 1.54) is 5.56 Å². The van der Waals surface area contributed by atoms with Crippen molar-refractivity contribution in [3.63, 3.8) is 0 Å². The molecule has 0 saturated heterocycles. The Morgan fingerprint density at radius 2 is 1.77 bits per heavy atom. The smallest absolute Gasteiger partial charge is 0.318 e. The molecule has 1 N–H and O–H groups in total. The highest BCUT2D eigenvalue weighted by atomic mass is 16.5. The number of nitrogens with one attached hydrogen (secondary N) is 1. The monoisotopic (exact) mass is 517 g/mol. The Kier molecular flexibility index (Phi) is 6.40. The predicted molar refractivity (Wildman–Crippen MR) is 151 cm³/mol. The number of urea groups is 1. The minimum absolute atomic E-state index is 0.143. The van der Waals surface area contributed by atoms with E-state index in [-0.39, 0.29) is 12.1 Å². The van der Waals surface area contributed by atoms with Crippen molar-refractivity contribution >= 4 is 6.03 Å². The van der Waals surface area contributed by atoms with E-state index in [9.17, 15) is 4.79 Å². The van der Waals surface area contributed by atoms with Gasteiger partial charge in [0, 0.05) is 18.3 Å². The van der Waals surface area contributed by atoms with Gasteiger partial charge in [-0.1, -0.05) is 60.2 Å². The molecule has 1 unspecified atom stereocenters. The van der Waals surface area contributed by atoms with Crippen molar-refractivity contribution in [3.05, 3.63) is 131 Å². The molecule has 6 rings (SSSR count). The maximum absolute atomic E-state index is 14.0. The predicted octanol–water partition coefficient (Wildman–Crippen LogP) is 6.10. The van der Waals surface area contributed by atoms with Crippen molar-refractivity contribution in [2.24, 2.45) is 0 Å². The molecule has 0 aliphatic carbocycles. The molecule has 0 bridgehead atoms. The summed E-state index contributed by atoms with van der Waals surface area (Å²) < 4.78 is 9.70. The van der Waals surface area contributed by atoms with Crippen LogP contribution in [0.15, 0.2) is 97.2 Å². The second-order valence-corrected chi connectivity index (χ2v) is 9.89. The van der Waals surface area contributed by atoms with E-state index in [0.29, 0.717) is 13.1 Å². The van der Waals surface area contributed by atoms with Gasteiger partial charge in [0.15, 0.2) is 0 Å². The van der Waals surface area contributed by atoms with Gasteiger partial charge < -0.3 is 19.5 Å². The van der Waals surface area contributed by atoms with Gasteiger partial charge in [-0.15, -0.1) is 0 Å². The molecule has 1 aliphatic heterocycles. The first-order valence-corrected chi connectivity index (χ1v) is 13.1. The number of rotatable bonds is 5. The van der Waals surface area contributed by atoms with Gasteiger partial charge in [0.25, 0.3) is 0 Å². The molecule has 0 saturated carbocycles. The fourth-order valence-electron chi connectivity index (χ4n) is 5.30. The van der Waals surface area contributed by atoms with Crippen LogP contribution in [0.1, 0.15) is 39.7 Å². The number of carbonyl (C=O) groups excluding carboxylic acids is 1. The Morgan fingerprint density at radius 1 is 0.974 bits per heavy atom. The maximum Gasteiger partial charge on any atom is 0.318 e. The minimum Gasteiger partial charge on any atom is -0.497 e. The average Bonchev–Trinajstić information content (AvgIpc) is 3.53. The molecule has 3 aromatic carbocycles. The molecule has 196 valence electrons. The standard InChI is InChI=1S/C32H31N5O2/c1-22-14-16-24(17-15-22)20-33-32(38)36-21-28-23(2)34-37(26-10-5-4-6-11-26)31(28)35-18-8-13-29(35)30(36)25-9-7-12-27(19-25)39-3/h4-19,30H,20-21H2,1-3H3,(H,33,38). The van der Waals surface area contributed by atoms with Crippen LogP contribution in [-0.4, -0.2) is 32.4 Å². The summed E-state index contributed by atoms with van der Waals surface area (Å²) in [6.45, 7) is 4.91. The Balaban J connectivity index is 1.48. The lowest BCUT2D eigenvalue weighted by Crippen LogP contribution is -2.41. The number of aryl methyl sites for hydroxylation is 2. The Bertz CT molecular complexity index is 1620. The van der Waals surface area contributed by atoms with Crippen molar-refractivity contribution in [1.82, 2.24) is 24.6 Å². The lowest BCUT2D eigenvalue weighted by Gasteiger charge is -2.31. The van der Waals surface area contributed by atoms with E-state index in [1.807, 2.05) is 71.1 Å². The van der Waals surface area contributed by atoms with E-state index >= 15 is 0 Å². The normalized spacial score (nSPS) is 14.3. The number of benzene rings is 3. The Labute approximate surface area is 228 Å². The van der Waals surface area contributed by atoms with Crippen molar-refractivity contribution in [3.8, 4) is 17.3 Å². The molecular weight excluding hydrogens is 486 g/mol. The number of amides is 2. The van der Waals surface area contributed by atoms with Crippen LogP contribution < -0.4 is 10.1 Å². The van der Waals surface area contributed by atoms with E-state index in [4.69, 9.17) is 9.84 Å². The van der Waals surface area contributed by atoms with Crippen LogP contribution in [0.25, 0.3) is 11.5 Å². The molecule has 5 aromatic rings. The summed E-state index contributed by atoms with van der Waals surface area (Å²) in [5.41, 5.74) is 7.06. The van der Waals surface area contributed by atoms with Gasteiger partial charge >= 0.3 is 6.03 Å². The number of fused-ring (bicyclic) bond motifs is 3. The van der Waals surface area contributed by atoms with Crippen molar-refractivity contribution < 1.29 is 9.53 Å². The van der Waals surface area contributed by atoms with Crippen molar-refractivity contribution in [2.75, 3.05) is 7.11 Å². The maximum atomic E-state index is 14.0. The Morgan fingerprint density at radius 3 is 2.54 bits per heavy atom. The lowest BCUT2D eigenvalue weighted by molar-refractivity contribution is 0.180. The minimum atomic E-state index is -0.343. The lowest BCUT2D eigenvalue weighted by atomic mass is 10.0. The second-order valence-electron chi connectivity index (χ2n) is 9.89. The summed E-state index contributed by atoms with van der Waals surface area (Å²) in [5, 5.41) is 8.10. The highest BCUT2D eigenvalue weighted by molar-refractivity contribution is 5.76. The van der Waals surface area contributed by atoms with Gasteiger partial charge in [0.2, 0.25) is 0 Å².